The van der Waals surface area contributed by atoms with Gasteiger partial charge in [0.15, 0.2) is 0 Å². The predicted molar refractivity (Wildman–Crippen MR) is 73.6 cm³/mol. The Balaban J connectivity index is 1.64. The molecule has 6 heteroatoms. The van der Waals surface area contributed by atoms with Gasteiger partial charge >= 0.3 is 7.12 Å². The highest BCUT2D eigenvalue weighted by atomic mass is 16.5. The van der Waals surface area contributed by atoms with Gasteiger partial charge in [0.25, 0.3) is 0 Å². The van der Waals surface area contributed by atoms with Crippen LogP contribution in [0.5, 0.6) is 5.75 Å². The largest absolute Gasteiger partial charge is 0.494 e. The van der Waals surface area contributed by atoms with Crippen LogP contribution in [0.4, 0.5) is 0 Å². The highest BCUT2D eigenvalue weighted by molar-refractivity contribution is 6.58. The van der Waals surface area contributed by atoms with Gasteiger partial charge in [0.1, 0.15) is 5.75 Å². The van der Waals surface area contributed by atoms with E-state index in [0.29, 0.717) is 12.1 Å². The van der Waals surface area contributed by atoms with E-state index in [4.69, 9.17) is 19.5 Å². The molecule has 0 atom stereocenters. The molecule has 2 rings (SSSR count). The number of hydrogen-bond donors (Lipinski definition) is 2. The van der Waals surface area contributed by atoms with E-state index in [0.717, 1.165) is 45.0 Å². The predicted octanol–water partition coefficient (Wildman–Crippen LogP) is -0.532. The molecule has 0 unspecified atom stereocenters. The summed E-state index contributed by atoms with van der Waals surface area (Å²) in [5.41, 5.74) is 0.473. The zero-order valence-electron chi connectivity index (χ0n) is 11.0. The van der Waals surface area contributed by atoms with E-state index in [9.17, 15) is 0 Å². The van der Waals surface area contributed by atoms with Crippen LogP contribution in [-0.2, 0) is 4.74 Å². The van der Waals surface area contributed by atoms with Gasteiger partial charge in [-0.15, -0.1) is 0 Å². The third kappa shape index (κ3) is 4.83. The molecule has 0 saturated carbocycles. The second kappa shape index (κ2) is 7.50. The summed E-state index contributed by atoms with van der Waals surface area (Å²) in [6.07, 6.45) is 0.977. The highest BCUT2D eigenvalue weighted by Gasteiger charge is 2.11. The Kier molecular flexibility index (Phi) is 5.66. The molecule has 5 nitrogen and oxygen atoms in total. The van der Waals surface area contributed by atoms with E-state index in [2.05, 4.69) is 4.90 Å². The third-order valence-corrected chi connectivity index (χ3v) is 3.17. The van der Waals surface area contributed by atoms with Crippen LogP contribution in [0.2, 0.25) is 0 Å². The fourth-order valence-electron chi connectivity index (χ4n) is 2.04. The maximum absolute atomic E-state index is 8.97. The SMILES string of the molecule is OB(O)c1ccc(OCCCN2CCOCC2)cc1. The van der Waals surface area contributed by atoms with Crippen molar-refractivity contribution in [2.75, 3.05) is 39.5 Å². The van der Waals surface area contributed by atoms with Gasteiger partial charge in [-0.05, 0) is 24.0 Å². The molecule has 0 aromatic heterocycles. The van der Waals surface area contributed by atoms with Gasteiger partial charge < -0.3 is 19.5 Å². The highest BCUT2D eigenvalue weighted by Crippen LogP contribution is 2.08. The topological polar surface area (TPSA) is 62.2 Å². The van der Waals surface area contributed by atoms with Crippen LogP contribution in [0.15, 0.2) is 24.3 Å². The van der Waals surface area contributed by atoms with E-state index in [1.165, 1.54) is 0 Å². The van der Waals surface area contributed by atoms with Crippen molar-refractivity contribution in [3.63, 3.8) is 0 Å². The van der Waals surface area contributed by atoms with Crippen LogP contribution >= 0.6 is 0 Å². The molecule has 0 amide bonds. The molecule has 104 valence electrons. The van der Waals surface area contributed by atoms with E-state index in [-0.39, 0.29) is 0 Å². The van der Waals surface area contributed by atoms with Crippen molar-refractivity contribution in [3.05, 3.63) is 24.3 Å². The Morgan fingerprint density at radius 3 is 2.47 bits per heavy atom. The van der Waals surface area contributed by atoms with Crippen LogP contribution in [0.3, 0.4) is 0 Å². The summed E-state index contributed by atoms with van der Waals surface area (Å²) < 4.78 is 10.9. The van der Waals surface area contributed by atoms with Gasteiger partial charge in [0.05, 0.1) is 19.8 Å². The first-order valence-corrected chi connectivity index (χ1v) is 6.65. The number of morpholine rings is 1. The molecule has 1 saturated heterocycles. The molecule has 1 heterocycles. The van der Waals surface area contributed by atoms with Crippen LogP contribution in [0, 0.1) is 0 Å². The standard InChI is InChI=1S/C13H20BNO4/c16-14(17)12-2-4-13(5-3-12)19-9-1-6-15-7-10-18-11-8-15/h2-5,16-17H,1,6-11H2. The summed E-state index contributed by atoms with van der Waals surface area (Å²) in [6.45, 7) is 5.35. The molecule has 1 aliphatic rings. The molecule has 1 aliphatic heterocycles. The van der Waals surface area contributed by atoms with Crippen LogP contribution in [0.1, 0.15) is 6.42 Å². The van der Waals surface area contributed by atoms with Crippen LogP contribution < -0.4 is 10.2 Å². The lowest BCUT2D eigenvalue weighted by atomic mass is 9.80. The second-order valence-corrected chi connectivity index (χ2v) is 4.60. The summed E-state index contributed by atoms with van der Waals surface area (Å²) >= 11 is 0. The average molecular weight is 265 g/mol. The number of benzene rings is 1. The van der Waals surface area contributed by atoms with Crippen LogP contribution in [0.25, 0.3) is 0 Å². The van der Waals surface area contributed by atoms with Gasteiger partial charge in [-0.3, -0.25) is 4.90 Å². The van der Waals surface area contributed by atoms with Crippen molar-refractivity contribution in [2.45, 2.75) is 6.42 Å². The van der Waals surface area contributed by atoms with E-state index < -0.39 is 7.12 Å². The first-order chi connectivity index (χ1) is 9.25. The van der Waals surface area contributed by atoms with Gasteiger partial charge in [-0.2, -0.15) is 0 Å². The average Bonchev–Trinajstić information content (AvgIpc) is 2.45. The van der Waals surface area contributed by atoms with Crippen molar-refractivity contribution in [2.24, 2.45) is 0 Å². The molecule has 1 aromatic carbocycles. The number of rotatable bonds is 6. The van der Waals surface area contributed by atoms with Crippen molar-refractivity contribution in [1.82, 2.24) is 4.90 Å². The zero-order valence-corrected chi connectivity index (χ0v) is 11.0. The monoisotopic (exact) mass is 265 g/mol. The third-order valence-electron chi connectivity index (χ3n) is 3.17. The van der Waals surface area contributed by atoms with E-state index in [1.54, 1.807) is 24.3 Å². The molecule has 1 aromatic rings. The number of hydrogen-bond acceptors (Lipinski definition) is 5. The van der Waals surface area contributed by atoms with Gasteiger partial charge in [0.2, 0.25) is 0 Å². The summed E-state index contributed by atoms with van der Waals surface area (Å²) in [7, 11) is -1.42. The fraction of sp³-hybridized carbons (Fsp3) is 0.538. The summed E-state index contributed by atoms with van der Waals surface area (Å²) in [4.78, 5) is 2.37. The maximum Gasteiger partial charge on any atom is 0.488 e. The molecule has 0 spiro atoms. The molecule has 0 aliphatic carbocycles. The van der Waals surface area contributed by atoms with Crippen LogP contribution in [-0.4, -0.2) is 61.5 Å². The molecule has 2 N–H and O–H groups in total. The minimum atomic E-state index is -1.42. The number of ether oxygens (including phenoxy) is 2. The molecule has 0 bridgehead atoms. The van der Waals surface area contributed by atoms with Crippen molar-refractivity contribution in [3.8, 4) is 5.75 Å². The van der Waals surface area contributed by atoms with Gasteiger partial charge in [0, 0.05) is 19.6 Å². The summed E-state index contributed by atoms with van der Waals surface area (Å²) in [5, 5.41) is 17.9. The minimum Gasteiger partial charge on any atom is -0.494 e. The fourth-order valence-corrected chi connectivity index (χ4v) is 2.04. The molecule has 0 radical (unpaired) electrons. The molecular formula is C13H20BNO4. The Morgan fingerprint density at radius 2 is 1.84 bits per heavy atom. The summed E-state index contributed by atoms with van der Waals surface area (Å²) in [5.74, 6) is 0.756. The molecule has 19 heavy (non-hydrogen) atoms. The second-order valence-electron chi connectivity index (χ2n) is 4.60. The quantitative estimate of drug-likeness (QED) is 0.534. The molecular weight excluding hydrogens is 245 g/mol. The minimum absolute atomic E-state index is 0.473. The molecule has 1 fully saturated rings. The summed E-state index contributed by atoms with van der Waals surface area (Å²) in [6, 6.07) is 6.82. The smallest absolute Gasteiger partial charge is 0.488 e. The Labute approximate surface area is 113 Å². The lowest BCUT2D eigenvalue weighted by Crippen LogP contribution is -2.37. The normalized spacial score (nSPS) is 16.3. The van der Waals surface area contributed by atoms with E-state index >= 15 is 0 Å². The maximum atomic E-state index is 8.97. The van der Waals surface area contributed by atoms with Crippen molar-refractivity contribution < 1.29 is 19.5 Å². The van der Waals surface area contributed by atoms with E-state index in [1.807, 2.05) is 0 Å². The Hall–Kier alpha value is -1.08. The first kappa shape index (κ1) is 14.3. The Morgan fingerprint density at radius 1 is 1.16 bits per heavy atom. The number of nitrogens with zero attached hydrogens (tertiary/aromatic N) is 1. The Bertz CT molecular complexity index is 365. The first-order valence-electron chi connectivity index (χ1n) is 6.65. The van der Waals surface area contributed by atoms with Crippen molar-refractivity contribution >= 4 is 12.6 Å². The van der Waals surface area contributed by atoms with Crippen molar-refractivity contribution in [1.29, 1.82) is 0 Å². The lowest BCUT2D eigenvalue weighted by Gasteiger charge is -2.26. The van der Waals surface area contributed by atoms with Gasteiger partial charge in [-0.25, -0.2) is 0 Å². The lowest BCUT2D eigenvalue weighted by molar-refractivity contribution is 0.0358. The zero-order chi connectivity index (χ0) is 13.5. The van der Waals surface area contributed by atoms with Gasteiger partial charge in [-0.1, -0.05) is 12.1 Å².